The van der Waals surface area contributed by atoms with E-state index >= 15 is 0 Å². The summed E-state index contributed by atoms with van der Waals surface area (Å²) in [5.41, 5.74) is 0.767. The Hall–Kier alpha value is -1.83. The second kappa shape index (κ2) is 9.54. The Balaban J connectivity index is 1.46. The molecule has 2 fully saturated rings. The number of halogens is 1. The van der Waals surface area contributed by atoms with Gasteiger partial charge < -0.3 is 19.1 Å². The first kappa shape index (κ1) is 21.4. The van der Waals surface area contributed by atoms with Crippen LogP contribution >= 0.6 is 11.6 Å². The molecular formula is C22H31ClN4O3. The molecule has 1 atom stereocenters. The van der Waals surface area contributed by atoms with Crippen LogP contribution in [-0.2, 0) is 4.74 Å². The van der Waals surface area contributed by atoms with E-state index in [9.17, 15) is 0 Å². The lowest BCUT2D eigenvalue weighted by atomic mass is 9.94. The highest BCUT2D eigenvalue weighted by molar-refractivity contribution is 6.34. The summed E-state index contributed by atoms with van der Waals surface area (Å²) in [5.74, 6) is 2.61. The molecule has 0 N–H and O–H groups in total. The van der Waals surface area contributed by atoms with Crippen molar-refractivity contribution in [2.45, 2.75) is 31.7 Å². The average Bonchev–Trinajstić information content (AvgIpc) is 2.78. The molecule has 0 amide bonds. The Labute approximate surface area is 183 Å². The van der Waals surface area contributed by atoms with Gasteiger partial charge in [-0.3, -0.25) is 4.90 Å². The Kier molecular flexibility index (Phi) is 6.80. The molecule has 0 aliphatic carbocycles. The lowest BCUT2D eigenvalue weighted by Gasteiger charge is -2.42. The largest absolute Gasteiger partial charge is 0.493 e. The quantitative estimate of drug-likeness (QED) is 0.643. The van der Waals surface area contributed by atoms with E-state index in [1.165, 1.54) is 19.4 Å². The van der Waals surface area contributed by atoms with Crippen molar-refractivity contribution in [3.05, 3.63) is 17.3 Å². The normalized spacial score (nSPS) is 21.2. The van der Waals surface area contributed by atoms with Crippen molar-refractivity contribution in [2.24, 2.45) is 5.92 Å². The summed E-state index contributed by atoms with van der Waals surface area (Å²) >= 11 is 6.51. The predicted molar refractivity (Wildman–Crippen MR) is 119 cm³/mol. The highest BCUT2D eigenvalue weighted by atomic mass is 35.5. The third-order valence-electron chi connectivity index (χ3n) is 6.36. The van der Waals surface area contributed by atoms with Crippen molar-refractivity contribution in [3.63, 3.8) is 0 Å². The molecule has 30 heavy (non-hydrogen) atoms. The van der Waals surface area contributed by atoms with Gasteiger partial charge in [-0.15, -0.1) is 0 Å². The molecule has 8 heteroatoms. The number of hydrogen-bond acceptors (Lipinski definition) is 7. The molecule has 0 bridgehead atoms. The minimum absolute atomic E-state index is 0.441. The van der Waals surface area contributed by atoms with Crippen LogP contribution in [0.2, 0.25) is 5.15 Å². The maximum atomic E-state index is 6.51. The number of hydrogen-bond donors (Lipinski definition) is 0. The first-order valence-electron chi connectivity index (χ1n) is 10.7. The molecule has 4 rings (SSSR count). The van der Waals surface area contributed by atoms with Crippen LogP contribution in [0.5, 0.6) is 11.5 Å². The van der Waals surface area contributed by atoms with Crippen LogP contribution in [0, 0.1) is 5.92 Å². The summed E-state index contributed by atoms with van der Waals surface area (Å²) in [6, 6.07) is 4.32. The molecule has 0 spiro atoms. The number of piperidine rings is 2. The van der Waals surface area contributed by atoms with E-state index in [-0.39, 0.29) is 0 Å². The van der Waals surface area contributed by atoms with Crippen molar-refractivity contribution in [1.29, 1.82) is 0 Å². The Morgan fingerprint density at radius 1 is 1.00 bits per heavy atom. The molecule has 2 aliphatic heterocycles. The highest BCUT2D eigenvalue weighted by Gasteiger charge is 2.30. The second-order valence-corrected chi connectivity index (χ2v) is 8.57. The van der Waals surface area contributed by atoms with E-state index in [1.54, 1.807) is 21.3 Å². The van der Waals surface area contributed by atoms with Gasteiger partial charge >= 0.3 is 0 Å². The molecule has 7 nitrogen and oxygen atoms in total. The van der Waals surface area contributed by atoms with Gasteiger partial charge in [-0.25, -0.2) is 9.97 Å². The maximum absolute atomic E-state index is 6.51. The van der Waals surface area contributed by atoms with Gasteiger partial charge in [-0.05, 0) is 44.2 Å². The van der Waals surface area contributed by atoms with E-state index in [2.05, 4.69) is 14.8 Å². The standard InChI is InChI=1S/C22H31ClN4O3/c1-28-14-15-5-4-8-27(13-15)16-6-9-26(10-7-16)22-24-18-12-20(30-3)19(29-2)11-17(18)21(23)25-22/h11-12,15-16H,4-10,13-14H2,1-3H3. The van der Waals surface area contributed by atoms with Crippen LogP contribution in [0.25, 0.3) is 10.9 Å². The van der Waals surface area contributed by atoms with E-state index in [4.69, 9.17) is 30.8 Å². The molecule has 164 valence electrons. The summed E-state index contributed by atoms with van der Waals surface area (Å²) in [7, 11) is 5.03. The van der Waals surface area contributed by atoms with Crippen LogP contribution < -0.4 is 14.4 Å². The average molecular weight is 435 g/mol. The Morgan fingerprint density at radius 3 is 2.43 bits per heavy atom. The Bertz CT molecular complexity index is 871. The summed E-state index contributed by atoms with van der Waals surface area (Å²) < 4.78 is 16.2. The van der Waals surface area contributed by atoms with Crippen LogP contribution in [0.4, 0.5) is 5.95 Å². The molecule has 1 aromatic carbocycles. The molecule has 2 aliphatic rings. The molecule has 1 unspecified atom stereocenters. The van der Waals surface area contributed by atoms with Gasteiger partial charge in [0.15, 0.2) is 11.5 Å². The first-order chi connectivity index (χ1) is 14.6. The van der Waals surface area contributed by atoms with Crippen LogP contribution in [-0.4, -0.2) is 75.0 Å². The highest BCUT2D eigenvalue weighted by Crippen LogP contribution is 2.35. The van der Waals surface area contributed by atoms with E-state index in [0.29, 0.717) is 34.6 Å². The summed E-state index contributed by atoms with van der Waals surface area (Å²) in [4.78, 5) is 14.3. The minimum atomic E-state index is 0.441. The van der Waals surface area contributed by atoms with Crippen LogP contribution in [0.15, 0.2) is 12.1 Å². The van der Waals surface area contributed by atoms with E-state index < -0.39 is 0 Å². The molecule has 0 radical (unpaired) electrons. The van der Waals surface area contributed by atoms with Gasteiger partial charge in [-0.2, -0.15) is 0 Å². The molecule has 0 saturated carbocycles. The number of nitrogens with zero attached hydrogens (tertiary/aromatic N) is 4. The molecule has 2 saturated heterocycles. The van der Waals surface area contributed by atoms with Crippen molar-refractivity contribution in [1.82, 2.24) is 14.9 Å². The fourth-order valence-electron chi connectivity index (χ4n) is 4.78. The number of methoxy groups -OCH3 is 3. The zero-order chi connectivity index (χ0) is 21.1. The van der Waals surface area contributed by atoms with Gasteiger partial charge in [0.1, 0.15) is 5.15 Å². The van der Waals surface area contributed by atoms with Crippen molar-refractivity contribution >= 4 is 28.5 Å². The number of ether oxygens (including phenoxy) is 3. The SMILES string of the molecule is COCC1CCCN(C2CCN(c3nc(Cl)c4cc(OC)c(OC)cc4n3)CC2)C1. The number of fused-ring (bicyclic) bond motifs is 1. The molecule has 2 aromatic rings. The molecule has 1 aromatic heterocycles. The smallest absolute Gasteiger partial charge is 0.227 e. The number of anilines is 1. The number of benzene rings is 1. The predicted octanol–water partition coefficient (Wildman–Crippen LogP) is 3.63. The van der Waals surface area contributed by atoms with Gasteiger partial charge in [-0.1, -0.05) is 11.6 Å². The maximum Gasteiger partial charge on any atom is 0.227 e. The third kappa shape index (κ3) is 4.43. The summed E-state index contributed by atoms with van der Waals surface area (Å²) in [5, 5.41) is 1.21. The zero-order valence-electron chi connectivity index (χ0n) is 18.1. The first-order valence-corrected chi connectivity index (χ1v) is 11.1. The van der Waals surface area contributed by atoms with Gasteiger partial charge in [0.25, 0.3) is 0 Å². The topological polar surface area (TPSA) is 60.0 Å². The third-order valence-corrected chi connectivity index (χ3v) is 6.65. The lowest BCUT2D eigenvalue weighted by Crippen LogP contribution is -2.49. The number of aromatic nitrogens is 2. The second-order valence-electron chi connectivity index (χ2n) is 8.22. The van der Waals surface area contributed by atoms with E-state index in [0.717, 1.165) is 50.0 Å². The fourth-order valence-corrected chi connectivity index (χ4v) is 5.01. The zero-order valence-corrected chi connectivity index (χ0v) is 18.8. The molecule has 3 heterocycles. The number of likely N-dealkylation sites (tertiary alicyclic amines) is 1. The minimum Gasteiger partial charge on any atom is -0.493 e. The Morgan fingerprint density at radius 2 is 1.73 bits per heavy atom. The van der Waals surface area contributed by atoms with Crippen molar-refractivity contribution < 1.29 is 14.2 Å². The van der Waals surface area contributed by atoms with Gasteiger partial charge in [0.05, 0.1) is 26.3 Å². The fraction of sp³-hybridized carbons (Fsp3) is 0.636. The van der Waals surface area contributed by atoms with Gasteiger partial charge in [0, 0.05) is 44.2 Å². The van der Waals surface area contributed by atoms with Crippen molar-refractivity contribution in [2.75, 3.05) is 59.0 Å². The lowest BCUT2D eigenvalue weighted by molar-refractivity contribution is 0.0609. The monoisotopic (exact) mass is 434 g/mol. The van der Waals surface area contributed by atoms with Crippen molar-refractivity contribution in [3.8, 4) is 11.5 Å². The van der Waals surface area contributed by atoms with E-state index in [1.807, 2.05) is 12.1 Å². The van der Waals surface area contributed by atoms with Crippen LogP contribution in [0.1, 0.15) is 25.7 Å². The van der Waals surface area contributed by atoms with Crippen LogP contribution in [0.3, 0.4) is 0 Å². The number of rotatable bonds is 6. The summed E-state index contributed by atoms with van der Waals surface area (Å²) in [6.45, 7) is 5.09. The summed E-state index contributed by atoms with van der Waals surface area (Å²) in [6.07, 6.45) is 4.78. The van der Waals surface area contributed by atoms with Gasteiger partial charge in [0.2, 0.25) is 5.95 Å². The molecular weight excluding hydrogens is 404 g/mol.